The van der Waals surface area contributed by atoms with Crippen LogP contribution < -0.4 is 0 Å². The summed E-state index contributed by atoms with van der Waals surface area (Å²) in [4.78, 5) is 15.6. The minimum absolute atomic E-state index is 0.00692. The number of aromatic nitrogens is 1. The van der Waals surface area contributed by atoms with Crippen molar-refractivity contribution in [2.75, 3.05) is 0 Å². The molecule has 1 aromatic heterocycles. The van der Waals surface area contributed by atoms with Crippen LogP contribution in [0.15, 0.2) is 24.5 Å². The highest BCUT2D eigenvalue weighted by atomic mass is 16.5. The van der Waals surface area contributed by atoms with Gasteiger partial charge in [0.05, 0.1) is 11.7 Å². The third-order valence-electron chi connectivity index (χ3n) is 2.69. The molecule has 0 saturated carbocycles. The first kappa shape index (κ1) is 13.7. The van der Waals surface area contributed by atoms with Gasteiger partial charge in [0, 0.05) is 12.4 Å². The van der Waals surface area contributed by atoms with E-state index in [4.69, 9.17) is 4.74 Å². The van der Waals surface area contributed by atoms with E-state index in [2.05, 4.69) is 11.9 Å². The smallest absolute Gasteiger partial charge is 0.338 e. The fourth-order valence-corrected chi connectivity index (χ4v) is 1.66. The zero-order chi connectivity index (χ0) is 12.5. The number of esters is 1. The molecule has 0 aliphatic carbocycles. The molecule has 3 nitrogen and oxygen atoms in total. The molecule has 1 rings (SSSR count). The van der Waals surface area contributed by atoms with Gasteiger partial charge in [-0.25, -0.2) is 4.79 Å². The molecule has 0 radical (unpaired) electrons. The van der Waals surface area contributed by atoms with Gasteiger partial charge in [-0.05, 0) is 31.9 Å². The molecule has 3 heteroatoms. The molecule has 1 atom stereocenters. The Morgan fingerprint density at radius 3 is 2.65 bits per heavy atom. The molecule has 0 aliphatic heterocycles. The second-order valence-corrected chi connectivity index (χ2v) is 4.30. The van der Waals surface area contributed by atoms with Gasteiger partial charge in [-0.1, -0.05) is 26.2 Å². The van der Waals surface area contributed by atoms with Crippen LogP contribution >= 0.6 is 0 Å². The van der Waals surface area contributed by atoms with Crippen LogP contribution in [0.1, 0.15) is 56.3 Å². The summed E-state index contributed by atoms with van der Waals surface area (Å²) in [7, 11) is 0. The average Bonchev–Trinajstić information content (AvgIpc) is 2.36. The number of hydrogen-bond acceptors (Lipinski definition) is 3. The Balaban J connectivity index is 2.26. The Labute approximate surface area is 103 Å². The lowest BCUT2D eigenvalue weighted by Crippen LogP contribution is -2.15. The normalized spacial score (nSPS) is 12.1. The summed E-state index contributed by atoms with van der Waals surface area (Å²) in [6, 6.07) is 3.35. The number of hydrogen-bond donors (Lipinski definition) is 0. The third-order valence-corrected chi connectivity index (χ3v) is 2.69. The summed E-state index contributed by atoms with van der Waals surface area (Å²) in [5, 5.41) is 0. The monoisotopic (exact) mass is 235 g/mol. The molecule has 1 unspecified atom stereocenters. The Morgan fingerprint density at radius 1 is 1.29 bits per heavy atom. The van der Waals surface area contributed by atoms with Crippen LogP contribution in [-0.4, -0.2) is 17.1 Å². The van der Waals surface area contributed by atoms with Crippen molar-refractivity contribution in [1.82, 2.24) is 4.98 Å². The molecule has 1 heterocycles. The summed E-state index contributed by atoms with van der Waals surface area (Å²) in [5.74, 6) is -0.254. The van der Waals surface area contributed by atoms with Crippen LogP contribution in [-0.2, 0) is 4.74 Å². The first-order chi connectivity index (χ1) is 8.24. The van der Waals surface area contributed by atoms with E-state index in [9.17, 15) is 4.79 Å². The number of carbonyl (C=O) groups excluding carboxylic acids is 1. The molecule has 0 amide bonds. The fraction of sp³-hybridized carbons (Fsp3) is 0.571. The van der Waals surface area contributed by atoms with E-state index >= 15 is 0 Å². The lowest BCUT2D eigenvalue weighted by molar-refractivity contribution is 0.0319. The Morgan fingerprint density at radius 2 is 2.00 bits per heavy atom. The highest BCUT2D eigenvalue weighted by molar-refractivity contribution is 5.89. The summed E-state index contributed by atoms with van der Waals surface area (Å²) >= 11 is 0. The molecule has 0 bridgehead atoms. The quantitative estimate of drug-likeness (QED) is 0.535. The third kappa shape index (κ3) is 5.48. The van der Waals surface area contributed by atoms with Crippen LogP contribution in [0.3, 0.4) is 0 Å². The molecule has 0 spiro atoms. The predicted molar refractivity (Wildman–Crippen MR) is 67.9 cm³/mol. The summed E-state index contributed by atoms with van der Waals surface area (Å²) in [6.07, 6.45) is 8.96. The van der Waals surface area contributed by atoms with Crippen LogP contribution in [0.5, 0.6) is 0 Å². The van der Waals surface area contributed by atoms with Gasteiger partial charge in [0.25, 0.3) is 0 Å². The van der Waals surface area contributed by atoms with E-state index in [0.717, 1.165) is 12.8 Å². The second kappa shape index (κ2) is 7.82. The Hall–Kier alpha value is -1.38. The number of rotatable bonds is 7. The van der Waals surface area contributed by atoms with E-state index in [1.807, 2.05) is 6.92 Å². The molecular formula is C14H21NO2. The van der Waals surface area contributed by atoms with Gasteiger partial charge in [0.2, 0.25) is 0 Å². The lowest BCUT2D eigenvalue weighted by Gasteiger charge is -2.12. The first-order valence-electron chi connectivity index (χ1n) is 6.35. The Kier molecular flexibility index (Phi) is 6.30. The van der Waals surface area contributed by atoms with E-state index in [0.29, 0.717) is 5.56 Å². The molecule has 0 aromatic carbocycles. The number of unbranched alkanes of at least 4 members (excludes halogenated alkanes) is 3. The summed E-state index contributed by atoms with van der Waals surface area (Å²) in [6.45, 7) is 4.14. The highest BCUT2D eigenvalue weighted by Crippen LogP contribution is 2.10. The highest BCUT2D eigenvalue weighted by Gasteiger charge is 2.11. The predicted octanol–water partition coefficient (Wildman–Crippen LogP) is 3.60. The average molecular weight is 235 g/mol. The number of carbonyl (C=O) groups is 1. The maximum atomic E-state index is 11.7. The van der Waals surface area contributed by atoms with Crippen molar-refractivity contribution in [3.05, 3.63) is 30.1 Å². The van der Waals surface area contributed by atoms with Gasteiger partial charge in [-0.3, -0.25) is 4.98 Å². The topological polar surface area (TPSA) is 39.2 Å². The minimum atomic E-state index is -0.254. The zero-order valence-corrected chi connectivity index (χ0v) is 10.7. The standard InChI is InChI=1S/C14H21NO2/c1-3-4-5-6-7-12(2)17-14(16)13-8-10-15-11-9-13/h8-12H,3-7H2,1-2H3. The van der Waals surface area contributed by atoms with Gasteiger partial charge in [-0.15, -0.1) is 0 Å². The first-order valence-corrected chi connectivity index (χ1v) is 6.35. The van der Waals surface area contributed by atoms with E-state index < -0.39 is 0 Å². The minimum Gasteiger partial charge on any atom is -0.459 e. The summed E-state index contributed by atoms with van der Waals surface area (Å²) < 4.78 is 5.35. The molecule has 1 aromatic rings. The maximum absolute atomic E-state index is 11.7. The van der Waals surface area contributed by atoms with Gasteiger partial charge < -0.3 is 4.74 Å². The van der Waals surface area contributed by atoms with Crippen molar-refractivity contribution in [1.29, 1.82) is 0 Å². The van der Waals surface area contributed by atoms with Crippen LogP contribution in [0, 0.1) is 0 Å². The van der Waals surface area contributed by atoms with Crippen molar-refractivity contribution in [2.45, 2.75) is 52.1 Å². The van der Waals surface area contributed by atoms with Gasteiger partial charge >= 0.3 is 5.97 Å². The molecule has 0 fully saturated rings. The van der Waals surface area contributed by atoms with Crippen LogP contribution in [0.25, 0.3) is 0 Å². The number of ether oxygens (including phenoxy) is 1. The van der Waals surface area contributed by atoms with Gasteiger partial charge in [0.1, 0.15) is 0 Å². The van der Waals surface area contributed by atoms with Crippen molar-refractivity contribution in [3.8, 4) is 0 Å². The largest absolute Gasteiger partial charge is 0.459 e. The maximum Gasteiger partial charge on any atom is 0.338 e. The molecule has 0 N–H and O–H groups in total. The molecule has 0 saturated heterocycles. The van der Waals surface area contributed by atoms with Crippen molar-refractivity contribution >= 4 is 5.97 Å². The van der Waals surface area contributed by atoms with Crippen molar-refractivity contribution in [3.63, 3.8) is 0 Å². The lowest BCUT2D eigenvalue weighted by atomic mass is 10.1. The Bertz CT molecular complexity index is 324. The number of pyridine rings is 1. The van der Waals surface area contributed by atoms with Crippen molar-refractivity contribution < 1.29 is 9.53 Å². The molecule has 0 aliphatic rings. The molecule has 17 heavy (non-hydrogen) atoms. The zero-order valence-electron chi connectivity index (χ0n) is 10.7. The number of nitrogens with zero attached hydrogens (tertiary/aromatic N) is 1. The van der Waals surface area contributed by atoms with E-state index in [1.165, 1.54) is 19.3 Å². The van der Waals surface area contributed by atoms with E-state index in [1.54, 1.807) is 24.5 Å². The van der Waals surface area contributed by atoms with Crippen LogP contribution in [0.4, 0.5) is 0 Å². The van der Waals surface area contributed by atoms with Gasteiger partial charge in [0.15, 0.2) is 0 Å². The second-order valence-electron chi connectivity index (χ2n) is 4.30. The van der Waals surface area contributed by atoms with Crippen LogP contribution in [0.2, 0.25) is 0 Å². The fourth-order valence-electron chi connectivity index (χ4n) is 1.66. The van der Waals surface area contributed by atoms with Gasteiger partial charge in [-0.2, -0.15) is 0 Å². The van der Waals surface area contributed by atoms with E-state index in [-0.39, 0.29) is 12.1 Å². The summed E-state index contributed by atoms with van der Waals surface area (Å²) in [5.41, 5.74) is 0.570. The molecular weight excluding hydrogens is 214 g/mol. The molecule has 94 valence electrons. The van der Waals surface area contributed by atoms with Crippen molar-refractivity contribution in [2.24, 2.45) is 0 Å². The SMILES string of the molecule is CCCCCCC(C)OC(=O)c1ccncc1.